The number of nitrogens with zero attached hydrogens (tertiary/aromatic N) is 2. The van der Waals surface area contributed by atoms with Crippen LogP contribution < -0.4 is 4.72 Å². The first kappa shape index (κ1) is 14.6. The Morgan fingerprint density at radius 1 is 1.20 bits per heavy atom. The second kappa shape index (κ2) is 5.67. The van der Waals surface area contributed by atoms with Crippen LogP contribution in [0.4, 0.5) is 5.69 Å². The highest BCUT2D eigenvalue weighted by Gasteiger charge is 2.17. The minimum Gasteiger partial charge on any atom is -0.278 e. The van der Waals surface area contributed by atoms with Crippen molar-refractivity contribution in [3.8, 4) is 6.07 Å². The first-order chi connectivity index (χ1) is 9.44. The molecule has 0 aliphatic heterocycles. The third-order valence-electron chi connectivity index (χ3n) is 2.36. The number of sulfonamides is 1. The summed E-state index contributed by atoms with van der Waals surface area (Å²) in [5.74, 6) is 0. The fourth-order valence-corrected chi connectivity index (χ4v) is 2.81. The largest absolute Gasteiger partial charge is 0.278 e. The number of nitrogens with one attached hydrogen (secondary N) is 1. The lowest BCUT2D eigenvalue weighted by molar-refractivity contribution is 0.601. The predicted octanol–water partition coefficient (Wildman–Crippen LogP) is 3.06. The van der Waals surface area contributed by atoms with Crippen LogP contribution in [0.2, 0.25) is 10.0 Å². The molecule has 0 radical (unpaired) electrons. The summed E-state index contributed by atoms with van der Waals surface area (Å²) >= 11 is 11.7. The highest BCUT2D eigenvalue weighted by atomic mass is 35.5. The number of benzene rings is 1. The number of hydrogen-bond acceptors (Lipinski definition) is 4. The van der Waals surface area contributed by atoms with Gasteiger partial charge in [0.2, 0.25) is 0 Å². The maximum atomic E-state index is 12.1. The second-order valence-corrected chi connectivity index (χ2v) is 6.17. The molecule has 0 saturated heterocycles. The van der Waals surface area contributed by atoms with Gasteiger partial charge in [-0.15, -0.1) is 0 Å². The van der Waals surface area contributed by atoms with Crippen molar-refractivity contribution >= 4 is 38.9 Å². The van der Waals surface area contributed by atoms with Crippen molar-refractivity contribution in [1.29, 1.82) is 5.26 Å². The zero-order valence-corrected chi connectivity index (χ0v) is 12.2. The Morgan fingerprint density at radius 2 is 1.95 bits per heavy atom. The number of nitriles is 1. The quantitative estimate of drug-likeness (QED) is 0.939. The maximum absolute atomic E-state index is 12.1. The lowest BCUT2D eigenvalue weighted by Gasteiger charge is -2.10. The van der Waals surface area contributed by atoms with E-state index in [1.165, 1.54) is 18.2 Å². The van der Waals surface area contributed by atoms with Crippen LogP contribution in [-0.2, 0) is 10.0 Å². The van der Waals surface area contributed by atoms with E-state index in [2.05, 4.69) is 9.71 Å². The van der Waals surface area contributed by atoms with Crippen LogP contribution >= 0.6 is 23.2 Å². The summed E-state index contributed by atoms with van der Waals surface area (Å²) in [7, 11) is -3.84. The van der Waals surface area contributed by atoms with Gasteiger partial charge in [0.25, 0.3) is 10.0 Å². The van der Waals surface area contributed by atoms with Gasteiger partial charge >= 0.3 is 0 Å². The summed E-state index contributed by atoms with van der Waals surface area (Å²) in [6.45, 7) is 0. The monoisotopic (exact) mass is 327 g/mol. The molecule has 1 heterocycles. The van der Waals surface area contributed by atoms with E-state index in [1.807, 2.05) is 0 Å². The summed E-state index contributed by atoms with van der Waals surface area (Å²) in [4.78, 5) is 3.63. The molecule has 5 nitrogen and oxygen atoms in total. The van der Waals surface area contributed by atoms with E-state index in [-0.39, 0.29) is 26.3 Å². The molecule has 102 valence electrons. The molecule has 0 aliphatic rings. The smallest absolute Gasteiger partial charge is 0.263 e. The summed E-state index contributed by atoms with van der Waals surface area (Å²) < 4.78 is 26.6. The predicted molar refractivity (Wildman–Crippen MR) is 76.2 cm³/mol. The normalized spacial score (nSPS) is 10.8. The third-order valence-corrected chi connectivity index (χ3v) is 4.53. The average Bonchev–Trinajstić information content (AvgIpc) is 2.44. The molecule has 20 heavy (non-hydrogen) atoms. The number of rotatable bonds is 3. The molecule has 1 aromatic carbocycles. The Kier molecular flexibility index (Phi) is 4.14. The van der Waals surface area contributed by atoms with Gasteiger partial charge < -0.3 is 0 Å². The molecule has 8 heteroatoms. The van der Waals surface area contributed by atoms with Crippen LogP contribution in [0.5, 0.6) is 0 Å². The van der Waals surface area contributed by atoms with Gasteiger partial charge in [-0.3, -0.25) is 4.72 Å². The highest BCUT2D eigenvalue weighted by Crippen LogP contribution is 2.30. The van der Waals surface area contributed by atoms with Gasteiger partial charge in [0.15, 0.2) is 0 Å². The van der Waals surface area contributed by atoms with Crippen molar-refractivity contribution in [2.24, 2.45) is 0 Å². The topological polar surface area (TPSA) is 82.8 Å². The lowest BCUT2D eigenvalue weighted by Crippen LogP contribution is -2.13. The molecule has 0 bridgehead atoms. The Bertz CT molecular complexity index is 783. The Morgan fingerprint density at radius 3 is 2.55 bits per heavy atom. The third kappa shape index (κ3) is 3.02. The van der Waals surface area contributed by atoms with Crippen LogP contribution in [0.1, 0.15) is 5.69 Å². The van der Waals surface area contributed by atoms with E-state index in [9.17, 15) is 8.42 Å². The van der Waals surface area contributed by atoms with E-state index in [1.54, 1.807) is 18.2 Å². The first-order valence-electron chi connectivity index (χ1n) is 5.27. The van der Waals surface area contributed by atoms with E-state index in [0.717, 1.165) is 6.20 Å². The lowest BCUT2D eigenvalue weighted by atomic mass is 10.3. The van der Waals surface area contributed by atoms with E-state index < -0.39 is 10.0 Å². The van der Waals surface area contributed by atoms with Gasteiger partial charge in [-0.05, 0) is 24.3 Å². The molecular weight excluding hydrogens is 321 g/mol. The molecule has 0 saturated carbocycles. The molecule has 0 fully saturated rings. The summed E-state index contributed by atoms with van der Waals surface area (Å²) in [5.41, 5.74) is 0.299. The number of halogens is 2. The Hall–Kier alpha value is -1.81. The van der Waals surface area contributed by atoms with Gasteiger partial charge in [0.05, 0.1) is 15.7 Å². The fraction of sp³-hybridized carbons (Fsp3) is 0. The van der Waals surface area contributed by atoms with Crippen molar-refractivity contribution in [2.45, 2.75) is 4.90 Å². The van der Waals surface area contributed by atoms with Gasteiger partial charge in [-0.1, -0.05) is 29.3 Å². The standard InChI is InChI=1S/C12H7Cl2N3O2S/c13-10-2-1-3-11(12(10)14)17-20(18,19)9-5-4-8(6-15)16-7-9/h1-5,7,17H. The molecule has 0 amide bonds. The summed E-state index contributed by atoms with van der Waals surface area (Å²) in [5, 5.41) is 8.97. The van der Waals surface area contributed by atoms with Crippen molar-refractivity contribution in [1.82, 2.24) is 4.98 Å². The number of anilines is 1. The first-order valence-corrected chi connectivity index (χ1v) is 7.51. The van der Waals surface area contributed by atoms with Gasteiger partial charge in [0, 0.05) is 6.20 Å². The van der Waals surface area contributed by atoms with Gasteiger partial charge in [-0.2, -0.15) is 5.26 Å². The average molecular weight is 328 g/mol. The fourth-order valence-electron chi connectivity index (χ4n) is 1.39. The molecule has 0 aliphatic carbocycles. The van der Waals surface area contributed by atoms with E-state index in [0.29, 0.717) is 0 Å². The van der Waals surface area contributed by atoms with Crippen molar-refractivity contribution in [3.63, 3.8) is 0 Å². The van der Waals surface area contributed by atoms with Crippen LogP contribution in [0.15, 0.2) is 41.4 Å². The molecule has 0 atom stereocenters. The minimum atomic E-state index is -3.84. The molecule has 1 N–H and O–H groups in total. The molecular formula is C12H7Cl2N3O2S. The molecule has 1 aromatic heterocycles. The van der Waals surface area contributed by atoms with E-state index in [4.69, 9.17) is 28.5 Å². The van der Waals surface area contributed by atoms with Crippen LogP contribution in [0.3, 0.4) is 0 Å². The Balaban J connectivity index is 2.36. The molecule has 0 unspecified atom stereocenters. The van der Waals surface area contributed by atoms with Gasteiger partial charge in [-0.25, -0.2) is 13.4 Å². The van der Waals surface area contributed by atoms with Crippen LogP contribution in [0.25, 0.3) is 0 Å². The zero-order chi connectivity index (χ0) is 14.8. The van der Waals surface area contributed by atoms with Crippen molar-refractivity contribution in [3.05, 3.63) is 52.3 Å². The SMILES string of the molecule is N#Cc1ccc(S(=O)(=O)Nc2cccc(Cl)c2Cl)cn1. The maximum Gasteiger partial charge on any atom is 0.263 e. The zero-order valence-electron chi connectivity index (χ0n) is 9.84. The Labute approximate surface area is 125 Å². The summed E-state index contributed by atoms with van der Waals surface area (Å²) in [6.07, 6.45) is 1.10. The second-order valence-electron chi connectivity index (χ2n) is 3.70. The van der Waals surface area contributed by atoms with E-state index >= 15 is 0 Å². The summed E-state index contributed by atoms with van der Waals surface area (Å²) in [6, 6.07) is 9.01. The van der Waals surface area contributed by atoms with Gasteiger partial charge in [0.1, 0.15) is 16.7 Å². The molecule has 2 aromatic rings. The highest BCUT2D eigenvalue weighted by molar-refractivity contribution is 7.92. The van der Waals surface area contributed by atoms with Crippen LogP contribution in [-0.4, -0.2) is 13.4 Å². The minimum absolute atomic E-state index is 0.0763. The number of aromatic nitrogens is 1. The molecule has 2 rings (SSSR count). The molecule has 0 spiro atoms. The number of hydrogen-bond donors (Lipinski definition) is 1. The van der Waals surface area contributed by atoms with Crippen LogP contribution in [0, 0.1) is 11.3 Å². The van der Waals surface area contributed by atoms with Crippen molar-refractivity contribution in [2.75, 3.05) is 4.72 Å². The van der Waals surface area contributed by atoms with Crippen molar-refractivity contribution < 1.29 is 8.42 Å². The number of pyridine rings is 1.